The van der Waals surface area contributed by atoms with Crippen molar-refractivity contribution in [1.29, 1.82) is 0 Å². The Balaban J connectivity index is 0.00000192. The van der Waals surface area contributed by atoms with E-state index in [9.17, 15) is 8.42 Å². The Morgan fingerprint density at radius 2 is 2.04 bits per heavy atom. The van der Waals surface area contributed by atoms with E-state index < -0.39 is 10.0 Å². The summed E-state index contributed by atoms with van der Waals surface area (Å²) in [5.41, 5.74) is 3.51. The first-order valence-corrected chi connectivity index (χ1v) is 9.65. The van der Waals surface area contributed by atoms with Crippen molar-refractivity contribution in [3.63, 3.8) is 0 Å². The standard InChI is InChI=1S/C16H20N2O2S2.ClH/c1-11-9-16(21-12(11)2)22(19,20)18-10-15-14-6-4-3-5-13(14)7-8-17-15;/h3-6,9,15,17-18H,7-8,10H2,1-2H3;1H. The van der Waals surface area contributed by atoms with Crippen molar-refractivity contribution in [1.82, 2.24) is 10.0 Å². The first-order chi connectivity index (χ1) is 10.5. The van der Waals surface area contributed by atoms with Gasteiger partial charge in [0.15, 0.2) is 0 Å². The van der Waals surface area contributed by atoms with E-state index in [0.717, 1.165) is 23.4 Å². The summed E-state index contributed by atoms with van der Waals surface area (Å²) in [6, 6.07) is 9.98. The Labute approximate surface area is 147 Å². The van der Waals surface area contributed by atoms with Crippen LogP contribution in [0.25, 0.3) is 0 Å². The van der Waals surface area contributed by atoms with E-state index in [4.69, 9.17) is 0 Å². The number of benzene rings is 1. The fourth-order valence-electron chi connectivity index (χ4n) is 2.71. The number of aryl methyl sites for hydroxylation is 2. The quantitative estimate of drug-likeness (QED) is 0.867. The zero-order valence-corrected chi connectivity index (χ0v) is 15.6. The number of rotatable bonds is 4. The zero-order chi connectivity index (χ0) is 15.7. The fraction of sp³-hybridized carbons (Fsp3) is 0.375. The van der Waals surface area contributed by atoms with Crippen molar-refractivity contribution in [3.05, 3.63) is 51.9 Å². The number of thiophene rings is 1. The second-order valence-electron chi connectivity index (χ2n) is 5.61. The molecule has 1 aliphatic rings. The molecule has 2 N–H and O–H groups in total. The molecule has 4 nitrogen and oxygen atoms in total. The third-order valence-electron chi connectivity index (χ3n) is 4.10. The van der Waals surface area contributed by atoms with Gasteiger partial charge >= 0.3 is 0 Å². The van der Waals surface area contributed by atoms with Crippen LogP contribution in [-0.2, 0) is 16.4 Å². The van der Waals surface area contributed by atoms with Crippen molar-refractivity contribution >= 4 is 33.8 Å². The van der Waals surface area contributed by atoms with Gasteiger partial charge in [-0.05, 0) is 49.6 Å². The van der Waals surface area contributed by atoms with Crippen LogP contribution in [-0.4, -0.2) is 21.5 Å². The number of sulfonamides is 1. The van der Waals surface area contributed by atoms with Gasteiger partial charge in [0.1, 0.15) is 4.21 Å². The van der Waals surface area contributed by atoms with Crippen LogP contribution >= 0.6 is 23.7 Å². The van der Waals surface area contributed by atoms with E-state index in [1.807, 2.05) is 26.0 Å². The van der Waals surface area contributed by atoms with Gasteiger partial charge in [0.2, 0.25) is 10.0 Å². The van der Waals surface area contributed by atoms with Gasteiger partial charge in [0.25, 0.3) is 0 Å². The predicted molar refractivity (Wildman–Crippen MR) is 97.1 cm³/mol. The van der Waals surface area contributed by atoms with Gasteiger partial charge in [-0.2, -0.15) is 0 Å². The molecule has 2 aromatic rings. The van der Waals surface area contributed by atoms with E-state index in [1.165, 1.54) is 22.5 Å². The number of halogens is 1. The monoisotopic (exact) mass is 372 g/mol. The third kappa shape index (κ3) is 3.95. The average molecular weight is 373 g/mol. The topological polar surface area (TPSA) is 58.2 Å². The van der Waals surface area contributed by atoms with Crippen molar-refractivity contribution in [2.75, 3.05) is 13.1 Å². The summed E-state index contributed by atoms with van der Waals surface area (Å²) in [7, 11) is -3.44. The summed E-state index contributed by atoms with van der Waals surface area (Å²) >= 11 is 1.32. The van der Waals surface area contributed by atoms with Crippen LogP contribution < -0.4 is 10.0 Å². The van der Waals surface area contributed by atoms with Crippen LogP contribution in [0.5, 0.6) is 0 Å². The maximum Gasteiger partial charge on any atom is 0.250 e. The molecular weight excluding hydrogens is 352 g/mol. The Hall–Kier alpha value is -0.920. The van der Waals surface area contributed by atoms with E-state index >= 15 is 0 Å². The maximum atomic E-state index is 12.4. The number of fused-ring (bicyclic) bond motifs is 1. The summed E-state index contributed by atoms with van der Waals surface area (Å²) in [6.45, 7) is 5.12. The van der Waals surface area contributed by atoms with Crippen LogP contribution in [0.15, 0.2) is 34.5 Å². The van der Waals surface area contributed by atoms with Gasteiger partial charge in [0.05, 0.1) is 0 Å². The molecule has 0 saturated carbocycles. The lowest BCUT2D eigenvalue weighted by atomic mass is 9.95. The van der Waals surface area contributed by atoms with Gasteiger partial charge in [-0.3, -0.25) is 0 Å². The molecule has 3 rings (SSSR count). The molecule has 0 spiro atoms. The first kappa shape index (κ1) is 18.4. The molecule has 0 saturated heterocycles. The highest BCUT2D eigenvalue weighted by Crippen LogP contribution is 2.26. The molecule has 1 aliphatic heterocycles. The van der Waals surface area contributed by atoms with E-state index in [2.05, 4.69) is 22.2 Å². The molecule has 0 aliphatic carbocycles. The molecule has 0 amide bonds. The summed E-state index contributed by atoms with van der Waals surface area (Å²) < 4.78 is 28.0. The molecule has 0 fully saturated rings. The smallest absolute Gasteiger partial charge is 0.250 e. The molecule has 1 unspecified atom stereocenters. The Bertz CT molecular complexity index is 768. The molecule has 0 radical (unpaired) electrons. The van der Waals surface area contributed by atoms with Crippen LogP contribution in [0.1, 0.15) is 27.6 Å². The van der Waals surface area contributed by atoms with Crippen molar-refractivity contribution in [2.24, 2.45) is 0 Å². The summed E-state index contributed by atoms with van der Waals surface area (Å²) in [6.07, 6.45) is 0.989. The molecule has 2 heterocycles. The molecule has 1 aromatic carbocycles. The molecule has 1 atom stereocenters. The van der Waals surface area contributed by atoms with Gasteiger partial charge < -0.3 is 5.32 Å². The van der Waals surface area contributed by atoms with E-state index in [1.54, 1.807) is 6.07 Å². The lowest BCUT2D eigenvalue weighted by Crippen LogP contribution is -2.38. The molecule has 0 bridgehead atoms. The SMILES string of the molecule is Cc1cc(S(=O)(=O)NCC2NCCc3ccccc32)sc1C.Cl. The highest BCUT2D eigenvalue weighted by atomic mass is 35.5. The van der Waals surface area contributed by atoms with Crippen LogP contribution in [0.4, 0.5) is 0 Å². The van der Waals surface area contributed by atoms with Crippen molar-refractivity contribution in [3.8, 4) is 0 Å². The Morgan fingerprint density at radius 1 is 1.30 bits per heavy atom. The lowest BCUT2D eigenvalue weighted by molar-refractivity contribution is 0.492. The summed E-state index contributed by atoms with van der Waals surface area (Å²) in [4.78, 5) is 1.04. The van der Waals surface area contributed by atoms with Crippen molar-refractivity contribution in [2.45, 2.75) is 30.5 Å². The highest BCUT2D eigenvalue weighted by Gasteiger charge is 2.23. The van der Waals surface area contributed by atoms with Gasteiger partial charge in [-0.15, -0.1) is 23.7 Å². The fourth-order valence-corrected chi connectivity index (χ4v) is 5.32. The number of hydrogen-bond donors (Lipinski definition) is 2. The predicted octanol–water partition coefficient (Wildman–Crippen LogP) is 2.95. The largest absolute Gasteiger partial charge is 0.308 e. The molecule has 126 valence electrons. The van der Waals surface area contributed by atoms with Gasteiger partial charge in [-0.1, -0.05) is 24.3 Å². The second-order valence-corrected chi connectivity index (χ2v) is 8.86. The van der Waals surface area contributed by atoms with Crippen LogP contribution in [0.2, 0.25) is 0 Å². The average Bonchev–Trinajstić information content (AvgIpc) is 2.85. The normalized spacial score (nSPS) is 17.4. The summed E-state index contributed by atoms with van der Waals surface area (Å²) in [5.74, 6) is 0. The Morgan fingerprint density at radius 3 is 2.74 bits per heavy atom. The summed E-state index contributed by atoms with van der Waals surface area (Å²) in [5, 5.41) is 3.39. The van der Waals surface area contributed by atoms with E-state index in [0.29, 0.717) is 10.8 Å². The zero-order valence-electron chi connectivity index (χ0n) is 13.1. The minimum absolute atomic E-state index is 0. The van der Waals surface area contributed by atoms with Crippen LogP contribution in [0.3, 0.4) is 0 Å². The third-order valence-corrected chi connectivity index (χ3v) is 7.15. The first-order valence-electron chi connectivity index (χ1n) is 7.35. The van der Waals surface area contributed by atoms with Crippen LogP contribution in [0, 0.1) is 13.8 Å². The lowest BCUT2D eigenvalue weighted by Gasteiger charge is -2.27. The molecular formula is C16H21ClN2O2S2. The number of hydrogen-bond acceptors (Lipinski definition) is 4. The minimum Gasteiger partial charge on any atom is -0.308 e. The number of nitrogens with one attached hydrogen (secondary N) is 2. The maximum absolute atomic E-state index is 12.4. The molecule has 1 aromatic heterocycles. The Kier molecular flexibility index (Phi) is 5.86. The minimum atomic E-state index is -3.44. The van der Waals surface area contributed by atoms with E-state index in [-0.39, 0.29) is 18.4 Å². The van der Waals surface area contributed by atoms with Crippen molar-refractivity contribution < 1.29 is 8.42 Å². The molecule has 7 heteroatoms. The molecule has 23 heavy (non-hydrogen) atoms. The second kappa shape index (κ2) is 7.32. The van der Waals surface area contributed by atoms with Gasteiger partial charge in [0, 0.05) is 17.5 Å². The highest BCUT2D eigenvalue weighted by molar-refractivity contribution is 7.91. The van der Waals surface area contributed by atoms with Gasteiger partial charge in [-0.25, -0.2) is 13.1 Å².